The van der Waals surface area contributed by atoms with Crippen LogP contribution in [-0.4, -0.2) is 34.0 Å². The SMILES string of the molecule is O=C(O)C(=O)CC(=O)c1cc2cc3c(cc2n1Cc1ccccc1)OCO3. The van der Waals surface area contributed by atoms with E-state index in [0.717, 1.165) is 16.5 Å². The van der Waals surface area contributed by atoms with Gasteiger partial charge in [-0.1, -0.05) is 30.3 Å². The van der Waals surface area contributed by atoms with Gasteiger partial charge in [-0.3, -0.25) is 9.59 Å². The number of hydrogen-bond acceptors (Lipinski definition) is 5. The zero-order chi connectivity index (χ0) is 19.0. The number of Topliss-reactive ketones (excluding diaryl/α,β-unsaturated/α-hetero) is 2. The lowest BCUT2D eigenvalue weighted by Crippen LogP contribution is -2.19. The van der Waals surface area contributed by atoms with Gasteiger partial charge in [0.1, 0.15) is 0 Å². The van der Waals surface area contributed by atoms with Crippen molar-refractivity contribution in [2.75, 3.05) is 6.79 Å². The monoisotopic (exact) mass is 365 g/mol. The van der Waals surface area contributed by atoms with E-state index in [9.17, 15) is 14.4 Å². The van der Waals surface area contributed by atoms with Crippen LogP contribution in [0.25, 0.3) is 10.9 Å². The summed E-state index contributed by atoms with van der Waals surface area (Å²) in [6.07, 6.45) is -0.687. The average Bonchev–Trinajstić information content (AvgIpc) is 3.25. The minimum Gasteiger partial charge on any atom is -0.475 e. The van der Waals surface area contributed by atoms with E-state index in [2.05, 4.69) is 0 Å². The number of nitrogens with zero attached hydrogens (tertiary/aromatic N) is 1. The smallest absolute Gasteiger partial charge is 0.372 e. The van der Waals surface area contributed by atoms with Crippen molar-refractivity contribution >= 4 is 28.4 Å². The van der Waals surface area contributed by atoms with E-state index in [1.54, 1.807) is 22.8 Å². The largest absolute Gasteiger partial charge is 0.475 e. The fraction of sp³-hybridized carbons (Fsp3) is 0.150. The third-order valence-corrected chi connectivity index (χ3v) is 4.42. The van der Waals surface area contributed by atoms with Crippen molar-refractivity contribution in [2.24, 2.45) is 0 Å². The highest BCUT2D eigenvalue weighted by atomic mass is 16.7. The van der Waals surface area contributed by atoms with Crippen molar-refractivity contribution in [3.63, 3.8) is 0 Å². The molecular weight excluding hydrogens is 350 g/mol. The van der Waals surface area contributed by atoms with E-state index >= 15 is 0 Å². The van der Waals surface area contributed by atoms with Gasteiger partial charge in [-0.25, -0.2) is 4.79 Å². The highest BCUT2D eigenvalue weighted by Gasteiger charge is 2.24. The Bertz CT molecular complexity index is 1070. The number of carbonyl (C=O) groups is 3. The molecule has 3 aromatic rings. The molecule has 1 aliphatic heterocycles. The fourth-order valence-corrected chi connectivity index (χ4v) is 3.13. The first-order valence-electron chi connectivity index (χ1n) is 8.29. The molecule has 0 bridgehead atoms. The van der Waals surface area contributed by atoms with Gasteiger partial charge in [0.25, 0.3) is 0 Å². The van der Waals surface area contributed by atoms with E-state index in [-0.39, 0.29) is 12.5 Å². The van der Waals surface area contributed by atoms with Crippen LogP contribution in [0.2, 0.25) is 0 Å². The summed E-state index contributed by atoms with van der Waals surface area (Å²) in [5.41, 5.74) is 1.98. The van der Waals surface area contributed by atoms with Crippen molar-refractivity contribution < 1.29 is 29.0 Å². The number of ketones is 2. The Labute approximate surface area is 153 Å². The molecule has 0 saturated carbocycles. The first-order valence-corrected chi connectivity index (χ1v) is 8.29. The molecule has 2 aromatic carbocycles. The maximum Gasteiger partial charge on any atom is 0.372 e. The Morgan fingerprint density at radius 1 is 1.00 bits per heavy atom. The molecule has 136 valence electrons. The fourth-order valence-electron chi connectivity index (χ4n) is 3.13. The third-order valence-electron chi connectivity index (χ3n) is 4.42. The van der Waals surface area contributed by atoms with Crippen molar-refractivity contribution in [3.8, 4) is 11.5 Å². The molecular formula is C20H15NO6. The van der Waals surface area contributed by atoms with Crippen molar-refractivity contribution in [3.05, 3.63) is 59.8 Å². The predicted octanol–water partition coefficient (Wildman–Crippen LogP) is 2.64. The molecule has 7 heteroatoms. The van der Waals surface area contributed by atoms with Gasteiger partial charge in [-0.15, -0.1) is 0 Å². The second-order valence-electron chi connectivity index (χ2n) is 6.19. The summed E-state index contributed by atoms with van der Waals surface area (Å²) in [6, 6.07) is 14.7. The van der Waals surface area contributed by atoms with Crippen LogP contribution in [0.1, 0.15) is 22.5 Å². The van der Waals surface area contributed by atoms with E-state index in [0.29, 0.717) is 18.0 Å². The second-order valence-corrected chi connectivity index (χ2v) is 6.19. The summed E-state index contributed by atoms with van der Waals surface area (Å²) >= 11 is 0. The number of carboxylic acids is 1. The maximum atomic E-state index is 12.6. The summed E-state index contributed by atoms with van der Waals surface area (Å²) in [4.78, 5) is 34.9. The number of benzene rings is 2. The Hall–Kier alpha value is -3.61. The summed E-state index contributed by atoms with van der Waals surface area (Å²) < 4.78 is 12.6. The number of ether oxygens (including phenoxy) is 2. The minimum atomic E-state index is -1.62. The first kappa shape index (κ1) is 16.8. The second kappa shape index (κ2) is 6.60. The number of rotatable bonds is 6. The van der Waals surface area contributed by atoms with Crippen LogP contribution in [0, 0.1) is 0 Å². The molecule has 27 heavy (non-hydrogen) atoms. The van der Waals surface area contributed by atoms with Crippen LogP contribution in [0.5, 0.6) is 11.5 Å². The Kier molecular flexibility index (Phi) is 4.12. The predicted molar refractivity (Wildman–Crippen MR) is 95.2 cm³/mol. The van der Waals surface area contributed by atoms with Gasteiger partial charge in [0.15, 0.2) is 17.3 Å². The van der Waals surface area contributed by atoms with Crippen molar-refractivity contribution in [2.45, 2.75) is 13.0 Å². The zero-order valence-corrected chi connectivity index (χ0v) is 14.2. The van der Waals surface area contributed by atoms with Gasteiger partial charge in [-0.05, 0) is 17.7 Å². The average molecular weight is 365 g/mol. The lowest BCUT2D eigenvalue weighted by Gasteiger charge is -2.10. The highest BCUT2D eigenvalue weighted by molar-refractivity contribution is 6.37. The molecule has 0 saturated heterocycles. The Balaban J connectivity index is 1.81. The summed E-state index contributed by atoms with van der Waals surface area (Å²) in [5.74, 6) is -2.13. The van der Waals surface area contributed by atoms with Crippen LogP contribution in [0.15, 0.2) is 48.5 Å². The lowest BCUT2D eigenvalue weighted by molar-refractivity contribution is -0.148. The number of aliphatic carboxylic acids is 1. The molecule has 0 atom stereocenters. The Morgan fingerprint density at radius 3 is 2.41 bits per heavy atom. The van der Waals surface area contributed by atoms with Crippen LogP contribution in [-0.2, 0) is 16.1 Å². The molecule has 4 rings (SSSR count). The molecule has 1 aromatic heterocycles. The number of carboxylic acid groups (broad SMARTS) is 1. The highest BCUT2D eigenvalue weighted by Crippen LogP contribution is 2.37. The van der Waals surface area contributed by atoms with Crippen LogP contribution >= 0.6 is 0 Å². The summed E-state index contributed by atoms with van der Waals surface area (Å²) in [7, 11) is 0. The molecule has 1 aliphatic rings. The van der Waals surface area contributed by atoms with E-state index in [1.165, 1.54) is 0 Å². The molecule has 0 radical (unpaired) electrons. The third kappa shape index (κ3) is 3.15. The quantitative estimate of drug-likeness (QED) is 0.410. The van der Waals surface area contributed by atoms with E-state index in [1.807, 2.05) is 30.3 Å². The molecule has 7 nitrogen and oxygen atoms in total. The van der Waals surface area contributed by atoms with Crippen molar-refractivity contribution in [1.29, 1.82) is 0 Å². The van der Waals surface area contributed by atoms with Crippen LogP contribution < -0.4 is 9.47 Å². The Morgan fingerprint density at radius 2 is 1.70 bits per heavy atom. The van der Waals surface area contributed by atoms with Gasteiger partial charge >= 0.3 is 5.97 Å². The van der Waals surface area contributed by atoms with Gasteiger partial charge in [-0.2, -0.15) is 0 Å². The van der Waals surface area contributed by atoms with Gasteiger partial charge in [0.05, 0.1) is 17.6 Å². The topological polar surface area (TPSA) is 94.8 Å². The molecule has 1 N–H and O–H groups in total. The number of carbonyl (C=O) groups excluding carboxylic acids is 2. The molecule has 0 unspecified atom stereocenters. The first-order chi connectivity index (χ1) is 13.0. The summed E-state index contributed by atoms with van der Waals surface area (Å²) in [6.45, 7) is 0.534. The van der Waals surface area contributed by atoms with Crippen LogP contribution in [0.4, 0.5) is 0 Å². The molecule has 2 heterocycles. The van der Waals surface area contributed by atoms with Crippen LogP contribution in [0.3, 0.4) is 0 Å². The molecule has 0 amide bonds. The molecule has 0 fully saturated rings. The van der Waals surface area contributed by atoms with Crippen molar-refractivity contribution in [1.82, 2.24) is 4.57 Å². The van der Waals surface area contributed by atoms with E-state index < -0.39 is 24.0 Å². The van der Waals surface area contributed by atoms with E-state index in [4.69, 9.17) is 14.6 Å². The lowest BCUT2D eigenvalue weighted by atomic mass is 10.1. The number of fused-ring (bicyclic) bond motifs is 2. The molecule has 0 aliphatic carbocycles. The van der Waals surface area contributed by atoms with Gasteiger partial charge in [0.2, 0.25) is 12.6 Å². The number of aromatic nitrogens is 1. The maximum absolute atomic E-state index is 12.6. The van der Waals surface area contributed by atoms with Gasteiger partial charge < -0.3 is 19.1 Å². The minimum absolute atomic E-state index is 0.138. The molecule has 0 spiro atoms. The standard InChI is InChI=1S/C20H15NO6/c22-16(9-17(23)20(24)25)15-6-13-7-18-19(27-11-26-18)8-14(13)21(15)10-12-4-2-1-3-5-12/h1-8H,9-11H2,(H,24,25). The van der Waals surface area contributed by atoms with Gasteiger partial charge in [0, 0.05) is 18.0 Å². The summed E-state index contributed by atoms with van der Waals surface area (Å²) in [5, 5.41) is 9.54. The zero-order valence-electron chi connectivity index (χ0n) is 14.2. The number of hydrogen-bond donors (Lipinski definition) is 1. The normalized spacial score (nSPS) is 12.3.